The summed E-state index contributed by atoms with van der Waals surface area (Å²) in [5.74, 6) is -0.0465. The molecule has 1 N–H and O–H groups in total. The molecule has 19 heavy (non-hydrogen) atoms. The van der Waals surface area contributed by atoms with Gasteiger partial charge in [-0.2, -0.15) is 0 Å². The lowest BCUT2D eigenvalue weighted by atomic mass is 9.87. The number of nitrogens with one attached hydrogen (secondary N) is 1. The van der Waals surface area contributed by atoms with Crippen molar-refractivity contribution in [1.82, 2.24) is 10.3 Å². The quantitative estimate of drug-likeness (QED) is 0.893. The van der Waals surface area contributed by atoms with Crippen LogP contribution in [0.15, 0.2) is 48.8 Å². The predicted octanol–water partition coefficient (Wildman–Crippen LogP) is 2.89. The number of amides is 1. The number of carbonyl (C=O) groups is 1. The van der Waals surface area contributed by atoms with Gasteiger partial charge in [0.1, 0.15) is 0 Å². The van der Waals surface area contributed by atoms with Crippen LogP contribution < -0.4 is 5.32 Å². The lowest BCUT2D eigenvalue weighted by Crippen LogP contribution is -2.31. The number of pyridine rings is 1. The lowest BCUT2D eigenvalue weighted by molar-refractivity contribution is 0.0932. The molecule has 1 aromatic carbocycles. The van der Waals surface area contributed by atoms with Gasteiger partial charge in [-0.1, -0.05) is 24.3 Å². The van der Waals surface area contributed by atoms with E-state index in [1.807, 2.05) is 6.07 Å². The van der Waals surface area contributed by atoms with Gasteiger partial charge in [0.2, 0.25) is 0 Å². The summed E-state index contributed by atoms with van der Waals surface area (Å²) in [4.78, 5) is 16.2. The average molecular weight is 252 g/mol. The Hall–Kier alpha value is -2.16. The molecule has 3 heteroatoms. The summed E-state index contributed by atoms with van der Waals surface area (Å²) in [6, 6.07) is 12.1. The molecule has 3 rings (SSSR count). The zero-order valence-electron chi connectivity index (χ0n) is 10.7. The van der Waals surface area contributed by atoms with Crippen LogP contribution in [0.4, 0.5) is 0 Å². The molecule has 1 aliphatic carbocycles. The van der Waals surface area contributed by atoms with Gasteiger partial charge in [-0.3, -0.25) is 9.78 Å². The van der Waals surface area contributed by atoms with Crippen LogP contribution in [0.25, 0.3) is 0 Å². The fourth-order valence-electron chi connectivity index (χ4n) is 2.64. The van der Waals surface area contributed by atoms with Gasteiger partial charge in [-0.25, -0.2) is 0 Å². The van der Waals surface area contributed by atoms with Gasteiger partial charge in [0.15, 0.2) is 0 Å². The van der Waals surface area contributed by atoms with Crippen LogP contribution in [-0.4, -0.2) is 10.9 Å². The van der Waals surface area contributed by atoms with E-state index >= 15 is 0 Å². The first-order valence-electron chi connectivity index (χ1n) is 6.63. The normalized spacial score (nSPS) is 17.6. The molecule has 1 atom stereocenters. The van der Waals surface area contributed by atoms with E-state index in [9.17, 15) is 4.79 Å². The highest BCUT2D eigenvalue weighted by molar-refractivity contribution is 5.94. The molecule has 0 bridgehead atoms. The second-order valence-corrected chi connectivity index (χ2v) is 4.86. The molecular weight excluding hydrogens is 236 g/mol. The molecule has 0 radical (unpaired) electrons. The minimum absolute atomic E-state index is 0.0465. The minimum atomic E-state index is -0.0465. The molecule has 1 aromatic heterocycles. The van der Waals surface area contributed by atoms with Crippen molar-refractivity contribution in [2.75, 3.05) is 0 Å². The molecule has 0 saturated carbocycles. The molecule has 0 saturated heterocycles. The number of hydrogen-bond donors (Lipinski definition) is 1. The van der Waals surface area contributed by atoms with E-state index in [2.05, 4.69) is 28.5 Å². The van der Waals surface area contributed by atoms with E-state index < -0.39 is 0 Å². The molecular formula is C16H16N2O. The number of fused-ring (bicyclic) bond motifs is 1. The Morgan fingerprint density at radius 2 is 2.11 bits per heavy atom. The predicted molar refractivity (Wildman–Crippen MR) is 73.8 cm³/mol. The van der Waals surface area contributed by atoms with Crippen molar-refractivity contribution in [3.63, 3.8) is 0 Å². The van der Waals surface area contributed by atoms with E-state index in [0.717, 1.165) is 19.3 Å². The highest BCUT2D eigenvalue weighted by Gasteiger charge is 2.21. The number of aromatic nitrogens is 1. The van der Waals surface area contributed by atoms with Crippen molar-refractivity contribution in [2.45, 2.75) is 25.3 Å². The monoisotopic (exact) mass is 252 g/mol. The topological polar surface area (TPSA) is 42.0 Å². The molecule has 0 unspecified atom stereocenters. The zero-order valence-corrected chi connectivity index (χ0v) is 10.7. The first-order valence-corrected chi connectivity index (χ1v) is 6.63. The van der Waals surface area contributed by atoms with Crippen molar-refractivity contribution in [3.8, 4) is 0 Å². The van der Waals surface area contributed by atoms with Gasteiger partial charge in [0.25, 0.3) is 5.91 Å². The summed E-state index contributed by atoms with van der Waals surface area (Å²) in [5, 5.41) is 3.11. The Kier molecular flexibility index (Phi) is 3.27. The van der Waals surface area contributed by atoms with Crippen LogP contribution in [0.1, 0.15) is 40.4 Å². The summed E-state index contributed by atoms with van der Waals surface area (Å²) in [6.07, 6.45) is 6.50. The zero-order chi connectivity index (χ0) is 13.1. The van der Waals surface area contributed by atoms with Crippen LogP contribution >= 0.6 is 0 Å². The number of benzene rings is 1. The molecule has 2 aromatic rings. The second-order valence-electron chi connectivity index (χ2n) is 4.86. The Morgan fingerprint density at radius 3 is 2.95 bits per heavy atom. The first-order chi connectivity index (χ1) is 9.34. The number of aryl methyl sites for hydroxylation is 1. The van der Waals surface area contributed by atoms with Crippen LogP contribution in [0.2, 0.25) is 0 Å². The van der Waals surface area contributed by atoms with Crippen LogP contribution in [0.5, 0.6) is 0 Å². The van der Waals surface area contributed by atoms with Crippen molar-refractivity contribution in [2.24, 2.45) is 0 Å². The maximum atomic E-state index is 12.2. The number of hydrogen-bond acceptors (Lipinski definition) is 2. The Balaban J connectivity index is 1.80. The second kappa shape index (κ2) is 5.22. The van der Waals surface area contributed by atoms with Gasteiger partial charge < -0.3 is 5.32 Å². The van der Waals surface area contributed by atoms with Crippen molar-refractivity contribution >= 4 is 5.91 Å². The molecule has 0 spiro atoms. The summed E-state index contributed by atoms with van der Waals surface area (Å²) in [5.41, 5.74) is 3.22. The van der Waals surface area contributed by atoms with Crippen LogP contribution in [0, 0.1) is 0 Å². The lowest BCUT2D eigenvalue weighted by Gasteiger charge is -2.26. The van der Waals surface area contributed by atoms with Gasteiger partial charge in [-0.15, -0.1) is 0 Å². The van der Waals surface area contributed by atoms with Crippen molar-refractivity contribution in [3.05, 3.63) is 65.5 Å². The Labute approximate surface area is 112 Å². The Morgan fingerprint density at radius 1 is 1.21 bits per heavy atom. The highest BCUT2D eigenvalue weighted by atomic mass is 16.1. The molecule has 0 fully saturated rings. The average Bonchev–Trinajstić information content (AvgIpc) is 2.48. The third-order valence-corrected chi connectivity index (χ3v) is 3.60. The van der Waals surface area contributed by atoms with Gasteiger partial charge in [0.05, 0.1) is 11.6 Å². The third kappa shape index (κ3) is 2.50. The van der Waals surface area contributed by atoms with E-state index in [0.29, 0.717) is 5.56 Å². The first kappa shape index (κ1) is 11.9. The maximum absolute atomic E-state index is 12.2. The Bertz CT molecular complexity index is 580. The van der Waals surface area contributed by atoms with Gasteiger partial charge >= 0.3 is 0 Å². The van der Waals surface area contributed by atoms with E-state index in [1.54, 1.807) is 24.5 Å². The number of carbonyl (C=O) groups excluding carboxylic acids is 1. The van der Waals surface area contributed by atoms with Gasteiger partial charge in [-0.05, 0) is 42.5 Å². The highest BCUT2D eigenvalue weighted by Crippen LogP contribution is 2.29. The van der Waals surface area contributed by atoms with Gasteiger partial charge in [0, 0.05) is 12.4 Å². The van der Waals surface area contributed by atoms with Crippen LogP contribution in [-0.2, 0) is 6.42 Å². The van der Waals surface area contributed by atoms with E-state index in [-0.39, 0.29) is 11.9 Å². The molecule has 1 aliphatic rings. The fourth-order valence-corrected chi connectivity index (χ4v) is 2.64. The summed E-state index contributed by atoms with van der Waals surface area (Å²) in [7, 11) is 0. The minimum Gasteiger partial charge on any atom is -0.345 e. The molecule has 1 heterocycles. The molecule has 96 valence electrons. The van der Waals surface area contributed by atoms with Crippen molar-refractivity contribution in [1.29, 1.82) is 0 Å². The van der Waals surface area contributed by atoms with Crippen LogP contribution in [0.3, 0.4) is 0 Å². The fraction of sp³-hybridized carbons (Fsp3) is 0.250. The standard InChI is InChI=1S/C16H16N2O/c19-16(13-7-4-10-17-11-13)18-15-9-3-6-12-5-1-2-8-14(12)15/h1-2,4-5,7-8,10-11,15H,3,6,9H2,(H,18,19)/t15-/m1/s1. The van der Waals surface area contributed by atoms with E-state index in [1.165, 1.54) is 11.1 Å². The smallest absolute Gasteiger partial charge is 0.253 e. The summed E-state index contributed by atoms with van der Waals surface area (Å²) < 4.78 is 0. The molecule has 0 aliphatic heterocycles. The summed E-state index contributed by atoms with van der Waals surface area (Å²) >= 11 is 0. The number of rotatable bonds is 2. The molecule has 3 nitrogen and oxygen atoms in total. The summed E-state index contributed by atoms with van der Waals surface area (Å²) in [6.45, 7) is 0. The van der Waals surface area contributed by atoms with Crippen molar-refractivity contribution < 1.29 is 4.79 Å². The third-order valence-electron chi connectivity index (χ3n) is 3.60. The maximum Gasteiger partial charge on any atom is 0.253 e. The number of nitrogens with zero attached hydrogens (tertiary/aromatic N) is 1. The largest absolute Gasteiger partial charge is 0.345 e. The SMILES string of the molecule is O=C(N[C@@H]1CCCc2ccccc21)c1cccnc1. The molecule has 1 amide bonds. The van der Waals surface area contributed by atoms with E-state index in [4.69, 9.17) is 0 Å².